The number of fused-ring (bicyclic) bond motifs is 3. The topological polar surface area (TPSA) is 34.9 Å². The highest BCUT2D eigenvalue weighted by Crippen LogP contribution is 2.32. The zero-order valence-corrected chi connectivity index (χ0v) is 13.4. The number of para-hydroxylation sites is 1. The molecule has 22 heavy (non-hydrogen) atoms. The maximum atomic E-state index is 13.1. The first kappa shape index (κ1) is 13.7. The first-order chi connectivity index (χ1) is 10.8. The Hall–Kier alpha value is -1.94. The number of hydrogen-bond acceptors (Lipinski definition) is 3. The Morgan fingerprint density at radius 2 is 1.95 bits per heavy atom. The van der Waals surface area contributed by atoms with Gasteiger partial charge in [-0.1, -0.05) is 24.6 Å². The molecule has 0 saturated carbocycles. The van der Waals surface area contributed by atoms with E-state index in [1.807, 2.05) is 31.2 Å². The van der Waals surface area contributed by atoms with Crippen LogP contribution in [0.2, 0.25) is 0 Å². The molecule has 4 rings (SSSR count). The summed E-state index contributed by atoms with van der Waals surface area (Å²) in [6.07, 6.45) is 7.46. The molecule has 0 spiro atoms. The number of nitrogens with zero attached hydrogens (tertiary/aromatic N) is 2. The second-order valence-electron chi connectivity index (χ2n) is 5.95. The van der Waals surface area contributed by atoms with Gasteiger partial charge in [0.15, 0.2) is 0 Å². The Morgan fingerprint density at radius 3 is 2.82 bits per heavy atom. The third kappa shape index (κ3) is 2.10. The van der Waals surface area contributed by atoms with E-state index >= 15 is 0 Å². The smallest absolute Gasteiger partial charge is 0.266 e. The normalized spacial score (nSPS) is 14.8. The summed E-state index contributed by atoms with van der Waals surface area (Å²) in [5.41, 5.74) is 3.36. The van der Waals surface area contributed by atoms with E-state index in [2.05, 4.69) is 4.98 Å². The SMILES string of the molecule is Cc1ccccc1-n1cnc2sc3c(c2c1=O)CCCCC3. The molecule has 0 atom stereocenters. The molecule has 0 fully saturated rings. The van der Waals surface area contributed by atoms with Crippen molar-refractivity contribution in [1.82, 2.24) is 9.55 Å². The van der Waals surface area contributed by atoms with Gasteiger partial charge in [-0.05, 0) is 49.8 Å². The van der Waals surface area contributed by atoms with Crippen LogP contribution in [-0.4, -0.2) is 9.55 Å². The minimum atomic E-state index is 0.0821. The number of benzene rings is 1. The van der Waals surface area contributed by atoms with Crippen molar-refractivity contribution < 1.29 is 0 Å². The van der Waals surface area contributed by atoms with Gasteiger partial charge in [-0.25, -0.2) is 4.98 Å². The lowest BCUT2D eigenvalue weighted by molar-refractivity contribution is 0.713. The predicted octanol–water partition coefficient (Wildman–Crippen LogP) is 4.02. The third-order valence-corrected chi connectivity index (χ3v) is 5.70. The standard InChI is InChI=1S/C18H18N2OS/c1-12-7-5-6-9-14(12)20-11-19-17-16(18(20)21)13-8-3-2-4-10-15(13)22-17/h5-7,9,11H,2-4,8,10H2,1H3. The van der Waals surface area contributed by atoms with Crippen molar-refractivity contribution in [2.75, 3.05) is 0 Å². The molecule has 0 amide bonds. The van der Waals surface area contributed by atoms with E-state index < -0.39 is 0 Å². The van der Waals surface area contributed by atoms with Crippen LogP contribution in [0.5, 0.6) is 0 Å². The quantitative estimate of drug-likeness (QED) is 0.636. The minimum absolute atomic E-state index is 0.0821. The van der Waals surface area contributed by atoms with Gasteiger partial charge < -0.3 is 0 Å². The van der Waals surface area contributed by atoms with Crippen LogP contribution >= 0.6 is 11.3 Å². The van der Waals surface area contributed by atoms with Crippen molar-refractivity contribution in [1.29, 1.82) is 0 Å². The average Bonchev–Trinajstić information content (AvgIpc) is 2.72. The molecule has 3 aromatic rings. The van der Waals surface area contributed by atoms with E-state index in [1.165, 1.54) is 29.7 Å². The van der Waals surface area contributed by atoms with Crippen LogP contribution in [0.15, 0.2) is 35.4 Å². The summed E-state index contributed by atoms with van der Waals surface area (Å²) in [5.74, 6) is 0. The maximum Gasteiger partial charge on any atom is 0.266 e. The van der Waals surface area contributed by atoms with Crippen LogP contribution in [0, 0.1) is 6.92 Å². The molecule has 2 aromatic heterocycles. The number of aryl methyl sites for hydroxylation is 3. The van der Waals surface area contributed by atoms with E-state index in [4.69, 9.17) is 0 Å². The fourth-order valence-electron chi connectivity index (χ4n) is 3.33. The van der Waals surface area contributed by atoms with Gasteiger partial charge in [0.05, 0.1) is 11.1 Å². The molecular formula is C18H18N2OS. The largest absolute Gasteiger partial charge is 0.268 e. The van der Waals surface area contributed by atoms with Crippen LogP contribution in [-0.2, 0) is 12.8 Å². The molecule has 1 aliphatic rings. The van der Waals surface area contributed by atoms with Gasteiger partial charge in [-0.15, -0.1) is 11.3 Å². The Morgan fingerprint density at radius 1 is 1.14 bits per heavy atom. The molecule has 0 aliphatic heterocycles. The van der Waals surface area contributed by atoms with Gasteiger partial charge >= 0.3 is 0 Å². The Balaban J connectivity index is 2.00. The number of rotatable bonds is 1. The summed E-state index contributed by atoms with van der Waals surface area (Å²) < 4.78 is 1.70. The van der Waals surface area contributed by atoms with Gasteiger partial charge in [0, 0.05) is 4.88 Å². The van der Waals surface area contributed by atoms with E-state index in [9.17, 15) is 4.79 Å². The van der Waals surface area contributed by atoms with Gasteiger partial charge in [0.2, 0.25) is 0 Å². The molecule has 2 heterocycles. The lowest BCUT2D eigenvalue weighted by Crippen LogP contribution is -2.19. The third-order valence-electron chi connectivity index (χ3n) is 4.50. The Labute approximate surface area is 133 Å². The molecule has 0 N–H and O–H groups in total. The predicted molar refractivity (Wildman–Crippen MR) is 91.2 cm³/mol. The molecule has 112 valence electrons. The molecule has 0 bridgehead atoms. The zero-order valence-electron chi connectivity index (χ0n) is 12.6. The highest BCUT2D eigenvalue weighted by Gasteiger charge is 2.19. The van der Waals surface area contributed by atoms with Gasteiger partial charge in [-0.2, -0.15) is 0 Å². The summed E-state index contributed by atoms with van der Waals surface area (Å²) >= 11 is 1.71. The Kier molecular flexibility index (Phi) is 3.34. The summed E-state index contributed by atoms with van der Waals surface area (Å²) in [6, 6.07) is 7.97. The second kappa shape index (κ2) is 5.36. The van der Waals surface area contributed by atoms with Crippen molar-refractivity contribution in [2.24, 2.45) is 0 Å². The monoisotopic (exact) mass is 310 g/mol. The van der Waals surface area contributed by atoms with Crippen molar-refractivity contribution >= 4 is 21.6 Å². The van der Waals surface area contributed by atoms with Crippen LogP contribution in [0.4, 0.5) is 0 Å². The van der Waals surface area contributed by atoms with Crippen LogP contribution < -0.4 is 5.56 Å². The Bertz CT molecular complexity index is 907. The first-order valence-electron chi connectivity index (χ1n) is 7.83. The highest BCUT2D eigenvalue weighted by atomic mass is 32.1. The number of aromatic nitrogens is 2. The number of thiophene rings is 1. The van der Waals surface area contributed by atoms with E-state index in [0.717, 1.165) is 34.3 Å². The summed E-state index contributed by atoms with van der Waals surface area (Å²) in [6.45, 7) is 2.03. The molecular weight excluding hydrogens is 292 g/mol. The van der Waals surface area contributed by atoms with Crippen molar-refractivity contribution in [2.45, 2.75) is 39.0 Å². The van der Waals surface area contributed by atoms with Gasteiger partial charge in [0.1, 0.15) is 11.2 Å². The summed E-state index contributed by atoms with van der Waals surface area (Å²) in [7, 11) is 0. The molecule has 4 heteroatoms. The minimum Gasteiger partial charge on any atom is -0.268 e. The first-order valence-corrected chi connectivity index (χ1v) is 8.65. The van der Waals surface area contributed by atoms with E-state index in [1.54, 1.807) is 22.2 Å². The lowest BCUT2D eigenvalue weighted by atomic mass is 10.1. The van der Waals surface area contributed by atoms with Gasteiger partial charge in [-0.3, -0.25) is 9.36 Å². The fraction of sp³-hybridized carbons (Fsp3) is 0.333. The molecule has 0 saturated heterocycles. The van der Waals surface area contributed by atoms with Crippen molar-refractivity contribution in [3.8, 4) is 5.69 Å². The van der Waals surface area contributed by atoms with E-state index in [-0.39, 0.29) is 5.56 Å². The molecule has 3 nitrogen and oxygen atoms in total. The van der Waals surface area contributed by atoms with Crippen LogP contribution in [0.25, 0.3) is 15.9 Å². The van der Waals surface area contributed by atoms with Crippen molar-refractivity contribution in [3.63, 3.8) is 0 Å². The maximum absolute atomic E-state index is 13.1. The number of hydrogen-bond donors (Lipinski definition) is 0. The molecule has 0 radical (unpaired) electrons. The van der Waals surface area contributed by atoms with Crippen LogP contribution in [0.3, 0.4) is 0 Å². The second-order valence-corrected chi connectivity index (χ2v) is 7.03. The summed E-state index contributed by atoms with van der Waals surface area (Å²) in [4.78, 5) is 19.9. The van der Waals surface area contributed by atoms with Crippen molar-refractivity contribution in [3.05, 3.63) is 57.0 Å². The lowest BCUT2D eigenvalue weighted by Gasteiger charge is -2.08. The van der Waals surface area contributed by atoms with E-state index in [0.29, 0.717) is 0 Å². The highest BCUT2D eigenvalue weighted by molar-refractivity contribution is 7.18. The van der Waals surface area contributed by atoms with Crippen LogP contribution in [0.1, 0.15) is 35.3 Å². The molecule has 0 unspecified atom stereocenters. The van der Waals surface area contributed by atoms with Gasteiger partial charge in [0.25, 0.3) is 5.56 Å². The average molecular weight is 310 g/mol. The fourth-order valence-corrected chi connectivity index (χ4v) is 4.55. The summed E-state index contributed by atoms with van der Waals surface area (Å²) in [5, 5.41) is 0.854. The molecule has 1 aliphatic carbocycles. The molecule has 1 aromatic carbocycles. The zero-order chi connectivity index (χ0) is 15.1.